The van der Waals surface area contributed by atoms with Gasteiger partial charge in [-0.05, 0) is 18.8 Å². The molecule has 0 unspecified atom stereocenters. The van der Waals surface area contributed by atoms with Gasteiger partial charge in [-0.2, -0.15) is 0 Å². The van der Waals surface area contributed by atoms with E-state index in [0.29, 0.717) is 19.6 Å². The van der Waals surface area contributed by atoms with Crippen LogP contribution in [0.3, 0.4) is 0 Å². The zero-order valence-corrected chi connectivity index (χ0v) is 10.4. The van der Waals surface area contributed by atoms with Gasteiger partial charge in [-0.15, -0.1) is 0 Å². The number of hydrogen-bond acceptors (Lipinski definition) is 4. The van der Waals surface area contributed by atoms with Gasteiger partial charge in [0.15, 0.2) is 0 Å². The fourth-order valence-electron chi connectivity index (χ4n) is 1.03. The molecule has 92 valence electrons. The van der Waals surface area contributed by atoms with E-state index in [4.69, 9.17) is 9.47 Å². The number of hydrogen-bond donors (Lipinski definition) is 0. The second-order valence-electron chi connectivity index (χ2n) is 4.16. The Morgan fingerprint density at radius 3 is 2.38 bits per heavy atom. The summed E-state index contributed by atoms with van der Waals surface area (Å²) in [7, 11) is 0. The first-order valence-electron chi connectivity index (χ1n) is 5.37. The monoisotopic (exact) mass is 228 g/mol. The summed E-state index contributed by atoms with van der Waals surface area (Å²) in [6.45, 7) is 7.80. The second-order valence-corrected chi connectivity index (χ2v) is 4.16. The molecule has 0 heterocycles. The maximum absolute atomic E-state index is 11.1. The minimum absolute atomic E-state index is 0.192. The van der Waals surface area contributed by atoms with E-state index in [9.17, 15) is 9.59 Å². The molecule has 0 fully saturated rings. The number of carbonyl (C=O) groups excluding carboxylic acids is 2. The van der Waals surface area contributed by atoms with Crippen LogP contribution in [0.5, 0.6) is 0 Å². The number of rotatable bonds is 6. The molecule has 0 aliphatic carbocycles. The number of carbonyl (C=O) groups is 2. The first kappa shape index (κ1) is 14.7. The van der Waals surface area contributed by atoms with E-state index < -0.39 is 0 Å². The Balaban J connectivity index is 4.02. The predicted molar refractivity (Wildman–Crippen MR) is 60.8 cm³/mol. The lowest BCUT2D eigenvalue weighted by molar-refractivity contribution is -0.141. The Bertz CT molecular complexity index is 266. The second kappa shape index (κ2) is 7.04. The Kier molecular flexibility index (Phi) is 6.46. The van der Waals surface area contributed by atoms with Crippen LogP contribution in [0.4, 0.5) is 0 Å². The Morgan fingerprint density at radius 1 is 1.25 bits per heavy atom. The molecule has 0 aromatic heterocycles. The third-order valence-electron chi connectivity index (χ3n) is 2.01. The van der Waals surface area contributed by atoms with Crippen LogP contribution in [0.25, 0.3) is 0 Å². The molecule has 0 spiro atoms. The van der Waals surface area contributed by atoms with Gasteiger partial charge in [-0.1, -0.05) is 19.9 Å². The van der Waals surface area contributed by atoms with Crippen molar-refractivity contribution in [3.63, 3.8) is 0 Å². The number of esters is 2. The molecule has 0 bridgehead atoms. The van der Waals surface area contributed by atoms with Gasteiger partial charge in [0.2, 0.25) is 0 Å². The average Bonchev–Trinajstić information content (AvgIpc) is 2.14. The van der Waals surface area contributed by atoms with E-state index >= 15 is 0 Å². The summed E-state index contributed by atoms with van der Waals surface area (Å²) in [6, 6.07) is 0. The molecule has 0 radical (unpaired) electrons. The van der Waals surface area contributed by atoms with E-state index in [1.165, 1.54) is 13.0 Å². The van der Waals surface area contributed by atoms with Crippen LogP contribution in [0.1, 0.15) is 34.1 Å². The lowest BCUT2D eigenvalue weighted by Gasteiger charge is -2.19. The Labute approximate surface area is 96.6 Å². The van der Waals surface area contributed by atoms with Gasteiger partial charge in [-0.25, -0.2) is 4.79 Å². The third-order valence-corrected chi connectivity index (χ3v) is 2.01. The summed E-state index contributed by atoms with van der Waals surface area (Å²) < 4.78 is 9.61. The molecular weight excluding hydrogens is 208 g/mol. The van der Waals surface area contributed by atoms with Crippen LogP contribution in [0.2, 0.25) is 0 Å². The normalized spacial score (nSPS) is 11.5. The zero-order chi connectivity index (χ0) is 12.6. The standard InChI is InChI=1S/C12H20O4/c1-5-15-11(14)6-7-12(3,4)8-9-16-10(2)13/h6-7H,5,8-9H2,1-4H3/b7-6+. The van der Waals surface area contributed by atoms with Crippen LogP contribution < -0.4 is 0 Å². The average molecular weight is 228 g/mol. The smallest absolute Gasteiger partial charge is 0.330 e. The molecule has 0 rings (SSSR count). The topological polar surface area (TPSA) is 52.6 Å². The van der Waals surface area contributed by atoms with Crippen molar-refractivity contribution < 1.29 is 19.1 Å². The fourth-order valence-corrected chi connectivity index (χ4v) is 1.03. The first-order chi connectivity index (χ1) is 7.37. The van der Waals surface area contributed by atoms with Crippen molar-refractivity contribution in [2.75, 3.05) is 13.2 Å². The molecule has 4 nitrogen and oxygen atoms in total. The predicted octanol–water partition coefficient (Wildman–Crippen LogP) is 2.09. The summed E-state index contributed by atoms with van der Waals surface area (Å²) in [5.74, 6) is -0.631. The molecule has 0 N–H and O–H groups in total. The summed E-state index contributed by atoms with van der Waals surface area (Å²) in [5.41, 5.74) is -0.192. The van der Waals surface area contributed by atoms with Crippen LogP contribution in [-0.2, 0) is 19.1 Å². The minimum Gasteiger partial charge on any atom is -0.466 e. The maximum Gasteiger partial charge on any atom is 0.330 e. The molecule has 0 aliphatic rings. The summed E-state index contributed by atoms with van der Waals surface area (Å²) >= 11 is 0. The largest absolute Gasteiger partial charge is 0.466 e. The highest BCUT2D eigenvalue weighted by Gasteiger charge is 2.14. The third kappa shape index (κ3) is 8.03. The van der Waals surface area contributed by atoms with E-state index in [-0.39, 0.29) is 17.4 Å². The molecule has 0 saturated heterocycles. The van der Waals surface area contributed by atoms with Gasteiger partial charge in [0.1, 0.15) is 0 Å². The van der Waals surface area contributed by atoms with Gasteiger partial charge in [0.05, 0.1) is 13.2 Å². The molecule has 0 aliphatic heterocycles. The fraction of sp³-hybridized carbons (Fsp3) is 0.667. The van der Waals surface area contributed by atoms with Gasteiger partial charge in [-0.3, -0.25) is 4.79 Å². The summed E-state index contributed by atoms with van der Waals surface area (Å²) in [6.07, 6.45) is 3.86. The Morgan fingerprint density at radius 2 is 1.88 bits per heavy atom. The molecule has 4 heteroatoms. The van der Waals surface area contributed by atoms with Crippen molar-refractivity contribution >= 4 is 11.9 Å². The Hall–Kier alpha value is -1.32. The van der Waals surface area contributed by atoms with Gasteiger partial charge < -0.3 is 9.47 Å². The number of ether oxygens (including phenoxy) is 2. The quantitative estimate of drug-likeness (QED) is 0.516. The van der Waals surface area contributed by atoms with Crippen LogP contribution in [-0.4, -0.2) is 25.2 Å². The van der Waals surface area contributed by atoms with Gasteiger partial charge in [0.25, 0.3) is 0 Å². The lowest BCUT2D eigenvalue weighted by Crippen LogP contribution is -2.14. The van der Waals surface area contributed by atoms with Crippen molar-refractivity contribution in [1.29, 1.82) is 0 Å². The van der Waals surface area contributed by atoms with Crippen molar-refractivity contribution in [3.05, 3.63) is 12.2 Å². The molecule has 0 atom stereocenters. The van der Waals surface area contributed by atoms with E-state index in [1.54, 1.807) is 13.0 Å². The SMILES string of the molecule is CCOC(=O)/C=C/C(C)(C)CCOC(C)=O. The van der Waals surface area contributed by atoms with Crippen LogP contribution >= 0.6 is 0 Å². The van der Waals surface area contributed by atoms with Crippen molar-refractivity contribution in [2.45, 2.75) is 34.1 Å². The van der Waals surface area contributed by atoms with Crippen LogP contribution in [0.15, 0.2) is 12.2 Å². The van der Waals surface area contributed by atoms with Crippen molar-refractivity contribution in [3.8, 4) is 0 Å². The molecule has 0 aromatic carbocycles. The lowest BCUT2D eigenvalue weighted by atomic mass is 9.89. The van der Waals surface area contributed by atoms with Crippen molar-refractivity contribution in [1.82, 2.24) is 0 Å². The van der Waals surface area contributed by atoms with Crippen molar-refractivity contribution in [2.24, 2.45) is 5.41 Å². The van der Waals surface area contributed by atoms with E-state index in [1.807, 2.05) is 13.8 Å². The molecular formula is C12H20O4. The van der Waals surface area contributed by atoms with Crippen LogP contribution in [0, 0.1) is 5.41 Å². The minimum atomic E-state index is -0.344. The molecule has 16 heavy (non-hydrogen) atoms. The number of allylic oxidation sites excluding steroid dienone is 1. The zero-order valence-electron chi connectivity index (χ0n) is 10.4. The summed E-state index contributed by atoms with van der Waals surface area (Å²) in [4.78, 5) is 21.6. The van der Waals surface area contributed by atoms with Gasteiger partial charge in [0, 0.05) is 13.0 Å². The molecule has 0 amide bonds. The molecule has 0 saturated carbocycles. The van der Waals surface area contributed by atoms with E-state index in [2.05, 4.69) is 0 Å². The van der Waals surface area contributed by atoms with E-state index in [0.717, 1.165) is 0 Å². The van der Waals surface area contributed by atoms with Gasteiger partial charge >= 0.3 is 11.9 Å². The molecule has 0 aromatic rings. The first-order valence-corrected chi connectivity index (χ1v) is 5.37. The maximum atomic E-state index is 11.1. The summed E-state index contributed by atoms with van der Waals surface area (Å²) in [5, 5.41) is 0. The highest BCUT2D eigenvalue weighted by atomic mass is 16.5. The highest BCUT2D eigenvalue weighted by Crippen LogP contribution is 2.22. The highest BCUT2D eigenvalue weighted by molar-refractivity contribution is 5.81.